The standard InChI is InChI=1S/C18H21N3O4/c1-10-16(11-3-5-21(10)6-4-11)20-17(22)14-7-12-13(18(23)24-2)9-25-15(12)8-19-14/h7-11,16H,3-6H2,1-2H3,(H,20,22)/t10-,16+/m1/s1. The monoisotopic (exact) mass is 343 g/mol. The average molecular weight is 343 g/mol. The Balaban J connectivity index is 1.59. The van der Waals surface area contributed by atoms with Gasteiger partial charge in [0.2, 0.25) is 0 Å². The second-order valence-electron chi connectivity index (χ2n) is 6.82. The predicted molar refractivity (Wildman–Crippen MR) is 90.4 cm³/mol. The SMILES string of the molecule is COC(=O)c1coc2cnc(C(=O)N[C@@H]3C4CCN(CC4)[C@@H]3C)cc12. The van der Waals surface area contributed by atoms with Crippen LogP contribution in [0.3, 0.4) is 0 Å². The Morgan fingerprint density at radius 2 is 2.12 bits per heavy atom. The van der Waals surface area contributed by atoms with Gasteiger partial charge in [0, 0.05) is 17.5 Å². The lowest BCUT2D eigenvalue weighted by molar-refractivity contribution is 0.0216. The molecule has 5 rings (SSSR count). The van der Waals surface area contributed by atoms with E-state index in [1.54, 1.807) is 6.07 Å². The maximum atomic E-state index is 12.7. The van der Waals surface area contributed by atoms with Crippen LogP contribution in [-0.2, 0) is 4.74 Å². The number of ether oxygens (including phenoxy) is 1. The first-order valence-electron chi connectivity index (χ1n) is 8.59. The molecule has 7 nitrogen and oxygen atoms in total. The fraction of sp³-hybridized carbons (Fsp3) is 0.500. The van der Waals surface area contributed by atoms with Crippen LogP contribution >= 0.6 is 0 Å². The predicted octanol–water partition coefficient (Wildman–Crippen LogP) is 1.83. The van der Waals surface area contributed by atoms with Crippen molar-refractivity contribution in [3.63, 3.8) is 0 Å². The van der Waals surface area contributed by atoms with E-state index in [4.69, 9.17) is 9.15 Å². The summed E-state index contributed by atoms with van der Waals surface area (Å²) < 4.78 is 10.1. The zero-order valence-electron chi connectivity index (χ0n) is 14.3. The summed E-state index contributed by atoms with van der Waals surface area (Å²) in [5.41, 5.74) is 1.03. The first-order valence-corrected chi connectivity index (χ1v) is 8.59. The number of furan rings is 1. The molecule has 2 bridgehead atoms. The van der Waals surface area contributed by atoms with Crippen molar-refractivity contribution in [1.82, 2.24) is 15.2 Å². The van der Waals surface area contributed by atoms with Gasteiger partial charge in [-0.25, -0.2) is 9.78 Å². The molecule has 0 unspecified atom stereocenters. The van der Waals surface area contributed by atoms with Crippen LogP contribution in [0.1, 0.15) is 40.6 Å². The molecule has 0 saturated carbocycles. The van der Waals surface area contributed by atoms with Gasteiger partial charge in [-0.2, -0.15) is 0 Å². The van der Waals surface area contributed by atoms with Gasteiger partial charge in [0.1, 0.15) is 17.5 Å². The molecular weight excluding hydrogens is 322 g/mol. The summed E-state index contributed by atoms with van der Waals surface area (Å²) in [6.07, 6.45) is 5.04. The lowest BCUT2D eigenvalue weighted by Crippen LogP contribution is -2.62. The minimum atomic E-state index is -0.498. The molecule has 3 aliphatic heterocycles. The number of hydrogen-bond donors (Lipinski definition) is 1. The summed E-state index contributed by atoms with van der Waals surface area (Å²) in [7, 11) is 1.31. The number of esters is 1. The fourth-order valence-electron chi connectivity index (χ4n) is 4.10. The highest BCUT2D eigenvalue weighted by Crippen LogP contribution is 2.32. The van der Waals surface area contributed by atoms with E-state index in [2.05, 4.69) is 22.1 Å². The molecule has 2 aromatic heterocycles. The third kappa shape index (κ3) is 2.68. The number of carbonyl (C=O) groups excluding carboxylic acids is 2. The van der Waals surface area contributed by atoms with E-state index < -0.39 is 5.97 Å². The van der Waals surface area contributed by atoms with Gasteiger partial charge in [0.15, 0.2) is 5.58 Å². The topological polar surface area (TPSA) is 84.7 Å². The molecule has 0 aliphatic carbocycles. The molecule has 7 heteroatoms. The summed E-state index contributed by atoms with van der Waals surface area (Å²) in [6.45, 7) is 4.39. The zero-order chi connectivity index (χ0) is 17.6. The van der Waals surface area contributed by atoms with Crippen molar-refractivity contribution in [2.45, 2.75) is 31.8 Å². The minimum Gasteiger partial charge on any atom is -0.465 e. The number of rotatable bonds is 3. The van der Waals surface area contributed by atoms with E-state index in [1.807, 2.05) is 0 Å². The second kappa shape index (κ2) is 6.15. The third-order valence-electron chi connectivity index (χ3n) is 5.57. The van der Waals surface area contributed by atoms with Crippen LogP contribution < -0.4 is 5.32 Å². The smallest absolute Gasteiger partial charge is 0.341 e. The zero-order valence-corrected chi connectivity index (χ0v) is 14.3. The van der Waals surface area contributed by atoms with E-state index in [-0.39, 0.29) is 17.6 Å². The van der Waals surface area contributed by atoms with Crippen molar-refractivity contribution in [2.24, 2.45) is 5.92 Å². The van der Waals surface area contributed by atoms with Gasteiger partial charge in [0.05, 0.1) is 13.3 Å². The number of nitrogens with zero attached hydrogens (tertiary/aromatic N) is 2. The Morgan fingerprint density at radius 3 is 2.80 bits per heavy atom. The highest BCUT2D eigenvalue weighted by molar-refractivity contribution is 6.05. The highest BCUT2D eigenvalue weighted by atomic mass is 16.5. The number of piperidine rings is 3. The summed E-state index contributed by atoms with van der Waals surface area (Å²) >= 11 is 0. The van der Waals surface area contributed by atoms with Gasteiger partial charge in [0.25, 0.3) is 5.91 Å². The highest BCUT2D eigenvalue weighted by Gasteiger charge is 2.40. The van der Waals surface area contributed by atoms with Crippen LogP contribution in [0.4, 0.5) is 0 Å². The van der Waals surface area contributed by atoms with E-state index in [0.717, 1.165) is 25.9 Å². The van der Waals surface area contributed by atoms with Crippen LogP contribution in [0, 0.1) is 5.92 Å². The first-order chi connectivity index (χ1) is 12.1. The molecule has 25 heavy (non-hydrogen) atoms. The van der Waals surface area contributed by atoms with E-state index in [1.165, 1.54) is 19.6 Å². The number of fused-ring (bicyclic) bond motifs is 4. The molecule has 3 fully saturated rings. The van der Waals surface area contributed by atoms with E-state index in [0.29, 0.717) is 28.5 Å². The van der Waals surface area contributed by atoms with Gasteiger partial charge in [-0.1, -0.05) is 0 Å². The Labute approximate surface area is 145 Å². The molecule has 3 aliphatic rings. The van der Waals surface area contributed by atoms with Gasteiger partial charge in [-0.3, -0.25) is 9.69 Å². The molecular formula is C18H21N3O4. The van der Waals surface area contributed by atoms with Crippen molar-refractivity contribution in [2.75, 3.05) is 20.2 Å². The van der Waals surface area contributed by atoms with Gasteiger partial charge < -0.3 is 14.5 Å². The molecule has 2 atom stereocenters. The lowest BCUT2D eigenvalue weighted by atomic mass is 9.79. The quantitative estimate of drug-likeness (QED) is 0.856. The average Bonchev–Trinajstić information content (AvgIpc) is 3.07. The van der Waals surface area contributed by atoms with Crippen molar-refractivity contribution < 1.29 is 18.7 Å². The van der Waals surface area contributed by atoms with E-state index >= 15 is 0 Å². The minimum absolute atomic E-state index is 0.136. The number of amides is 1. The Morgan fingerprint density at radius 1 is 1.36 bits per heavy atom. The van der Waals surface area contributed by atoms with Crippen LogP contribution in [0.25, 0.3) is 11.0 Å². The molecule has 0 spiro atoms. The van der Waals surface area contributed by atoms with E-state index in [9.17, 15) is 9.59 Å². The molecule has 132 valence electrons. The van der Waals surface area contributed by atoms with Crippen LogP contribution in [0.5, 0.6) is 0 Å². The summed E-state index contributed by atoms with van der Waals surface area (Å²) in [6, 6.07) is 2.06. The summed E-state index contributed by atoms with van der Waals surface area (Å²) in [5.74, 6) is -0.195. The van der Waals surface area contributed by atoms with Gasteiger partial charge >= 0.3 is 5.97 Å². The second-order valence-corrected chi connectivity index (χ2v) is 6.82. The molecule has 5 heterocycles. The number of hydrogen-bond acceptors (Lipinski definition) is 6. The molecule has 2 aromatic rings. The molecule has 3 saturated heterocycles. The molecule has 0 aromatic carbocycles. The largest absolute Gasteiger partial charge is 0.465 e. The maximum absolute atomic E-state index is 12.7. The maximum Gasteiger partial charge on any atom is 0.341 e. The Bertz CT molecular complexity index is 821. The third-order valence-corrected chi connectivity index (χ3v) is 5.57. The molecule has 0 radical (unpaired) electrons. The first kappa shape index (κ1) is 16.1. The van der Waals surface area contributed by atoms with Crippen LogP contribution in [0.2, 0.25) is 0 Å². The fourth-order valence-corrected chi connectivity index (χ4v) is 4.10. The number of carbonyl (C=O) groups is 2. The van der Waals surface area contributed by atoms with Crippen molar-refractivity contribution in [1.29, 1.82) is 0 Å². The summed E-state index contributed by atoms with van der Waals surface area (Å²) in [4.78, 5) is 31.1. The Hall–Kier alpha value is -2.41. The normalized spacial score (nSPS) is 28.1. The van der Waals surface area contributed by atoms with Crippen molar-refractivity contribution in [3.05, 3.63) is 29.8 Å². The Kier molecular flexibility index (Phi) is 3.95. The summed E-state index contributed by atoms with van der Waals surface area (Å²) in [5, 5.41) is 3.68. The molecule has 1 amide bonds. The van der Waals surface area contributed by atoms with Gasteiger partial charge in [-0.15, -0.1) is 0 Å². The van der Waals surface area contributed by atoms with Gasteiger partial charge in [-0.05, 0) is 44.8 Å². The van der Waals surface area contributed by atoms with Crippen molar-refractivity contribution >= 4 is 22.8 Å². The number of aromatic nitrogens is 1. The van der Waals surface area contributed by atoms with Crippen LogP contribution in [0.15, 0.2) is 22.9 Å². The van der Waals surface area contributed by atoms with Crippen LogP contribution in [-0.4, -0.2) is 54.0 Å². The van der Waals surface area contributed by atoms with Crippen molar-refractivity contribution in [3.8, 4) is 0 Å². The number of pyridine rings is 1. The number of methoxy groups -OCH3 is 1. The lowest BCUT2D eigenvalue weighted by Gasteiger charge is -2.49. The number of nitrogens with one attached hydrogen (secondary N) is 1. The molecule has 1 N–H and O–H groups in total.